The van der Waals surface area contributed by atoms with Crippen LogP contribution in [0.15, 0.2) is 0 Å². The molecule has 0 aliphatic carbocycles. The molecule has 1 N–H and O–H groups in total. The van der Waals surface area contributed by atoms with Crippen LogP contribution in [-0.2, 0) is 4.79 Å². The maximum Gasteiger partial charge on any atom is 0.222 e. The van der Waals surface area contributed by atoms with E-state index in [1.165, 1.54) is 0 Å². The fraction of sp³-hybridized carbons (Fsp3) is 0.929. The van der Waals surface area contributed by atoms with E-state index in [1.807, 2.05) is 11.9 Å². The van der Waals surface area contributed by atoms with Crippen molar-refractivity contribution in [2.24, 2.45) is 5.92 Å². The minimum absolute atomic E-state index is 0. The van der Waals surface area contributed by atoms with E-state index >= 15 is 0 Å². The predicted octanol–water partition coefficient (Wildman–Crippen LogP) is 1.35. The first-order valence-corrected chi connectivity index (χ1v) is 7.31. The molecular weight excluding hydrogens is 262 g/mol. The van der Waals surface area contributed by atoms with Crippen molar-refractivity contribution >= 4 is 18.3 Å². The van der Waals surface area contributed by atoms with Crippen LogP contribution in [0.4, 0.5) is 0 Å². The summed E-state index contributed by atoms with van der Waals surface area (Å²) in [6, 6.07) is 0.468. The van der Waals surface area contributed by atoms with Crippen LogP contribution in [0.2, 0.25) is 0 Å². The van der Waals surface area contributed by atoms with E-state index in [0.29, 0.717) is 17.9 Å². The lowest BCUT2D eigenvalue weighted by Gasteiger charge is -2.36. The molecule has 1 amide bonds. The van der Waals surface area contributed by atoms with Crippen LogP contribution < -0.4 is 5.32 Å². The molecule has 2 aliphatic heterocycles. The summed E-state index contributed by atoms with van der Waals surface area (Å²) in [5.41, 5.74) is 0. The standard InChI is InChI=1S/C14H27N3O.ClH/c1-16-9-5-13(6-10-16)17(2)14(18)11-12-3-7-15-8-4-12;/h12-13,15H,3-11H2,1-2H3;1H. The highest BCUT2D eigenvalue weighted by Crippen LogP contribution is 2.20. The van der Waals surface area contributed by atoms with Crippen molar-refractivity contribution in [3.8, 4) is 0 Å². The van der Waals surface area contributed by atoms with Gasteiger partial charge in [0.1, 0.15) is 0 Å². The van der Waals surface area contributed by atoms with Crippen molar-refractivity contribution < 1.29 is 4.79 Å². The van der Waals surface area contributed by atoms with Crippen LogP contribution in [0.5, 0.6) is 0 Å². The van der Waals surface area contributed by atoms with Gasteiger partial charge in [0.2, 0.25) is 5.91 Å². The Hall–Kier alpha value is -0.320. The number of carbonyl (C=O) groups excluding carboxylic acids is 1. The Balaban J connectivity index is 0.00000180. The van der Waals surface area contributed by atoms with Crippen LogP contribution >= 0.6 is 12.4 Å². The number of piperidine rings is 2. The lowest BCUT2D eigenvalue weighted by Crippen LogP contribution is -2.45. The predicted molar refractivity (Wildman–Crippen MR) is 80.7 cm³/mol. The molecular formula is C14H28ClN3O. The van der Waals surface area contributed by atoms with Crippen molar-refractivity contribution in [3.63, 3.8) is 0 Å². The van der Waals surface area contributed by atoms with E-state index in [-0.39, 0.29) is 12.4 Å². The second-order valence-corrected chi connectivity index (χ2v) is 5.94. The van der Waals surface area contributed by atoms with Gasteiger partial charge in [-0.15, -0.1) is 12.4 Å². The van der Waals surface area contributed by atoms with Crippen molar-refractivity contribution in [3.05, 3.63) is 0 Å². The summed E-state index contributed by atoms with van der Waals surface area (Å²) in [6.07, 6.45) is 5.33. The third-order valence-electron chi connectivity index (χ3n) is 4.55. The molecule has 0 unspecified atom stereocenters. The highest BCUT2D eigenvalue weighted by Gasteiger charge is 2.26. The van der Waals surface area contributed by atoms with Gasteiger partial charge >= 0.3 is 0 Å². The van der Waals surface area contributed by atoms with Gasteiger partial charge in [0.25, 0.3) is 0 Å². The fourth-order valence-electron chi connectivity index (χ4n) is 3.06. The molecule has 0 spiro atoms. The van der Waals surface area contributed by atoms with Crippen LogP contribution in [0.1, 0.15) is 32.1 Å². The normalized spacial score (nSPS) is 22.8. The molecule has 2 fully saturated rings. The fourth-order valence-corrected chi connectivity index (χ4v) is 3.06. The molecule has 5 heteroatoms. The summed E-state index contributed by atoms with van der Waals surface area (Å²) >= 11 is 0. The molecule has 0 bridgehead atoms. The van der Waals surface area contributed by atoms with Crippen LogP contribution in [0, 0.1) is 5.92 Å². The number of amides is 1. The molecule has 0 atom stereocenters. The first-order chi connectivity index (χ1) is 8.66. The lowest BCUT2D eigenvalue weighted by atomic mass is 9.93. The average molecular weight is 290 g/mol. The average Bonchev–Trinajstić information content (AvgIpc) is 2.40. The third-order valence-corrected chi connectivity index (χ3v) is 4.55. The number of hydrogen-bond donors (Lipinski definition) is 1. The quantitative estimate of drug-likeness (QED) is 0.852. The van der Waals surface area contributed by atoms with E-state index in [9.17, 15) is 4.79 Å². The molecule has 0 radical (unpaired) electrons. The molecule has 2 heterocycles. The summed E-state index contributed by atoms with van der Waals surface area (Å²) in [5.74, 6) is 0.962. The third kappa shape index (κ3) is 4.93. The summed E-state index contributed by atoms with van der Waals surface area (Å²) in [7, 11) is 4.16. The molecule has 0 saturated carbocycles. The summed E-state index contributed by atoms with van der Waals surface area (Å²) in [4.78, 5) is 16.7. The molecule has 2 rings (SSSR count). The van der Waals surface area contributed by atoms with E-state index in [1.54, 1.807) is 0 Å². The zero-order valence-electron chi connectivity index (χ0n) is 12.2. The monoisotopic (exact) mass is 289 g/mol. The molecule has 2 aliphatic rings. The van der Waals surface area contributed by atoms with E-state index in [4.69, 9.17) is 0 Å². The molecule has 2 saturated heterocycles. The van der Waals surface area contributed by atoms with Gasteiger partial charge in [-0.1, -0.05) is 0 Å². The Morgan fingerprint density at radius 3 is 2.37 bits per heavy atom. The zero-order chi connectivity index (χ0) is 13.0. The van der Waals surface area contributed by atoms with Crippen LogP contribution in [-0.4, -0.2) is 62.0 Å². The van der Waals surface area contributed by atoms with Gasteiger partial charge in [0.05, 0.1) is 0 Å². The first kappa shape index (κ1) is 16.7. The minimum atomic E-state index is 0. The van der Waals surface area contributed by atoms with E-state index < -0.39 is 0 Å². The van der Waals surface area contributed by atoms with Crippen molar-refractivity contribution in [1.82, 2.24) is 15.1 Å². The second-order valence-electron chi connectivity index (χ2n) is 5.94. The maximum absolute atomic E-state index is 12.3. The van der Waals surface area contributed by atoms with Gasteiger partial charge in [-0.25, -0.2) is 0 Å². The number of likely N-dealkylation sites (tertiary alicyclic amines) is 1. The second kappa shape index (κ2) is 8.08. The molecule has 4 nitrogen and oxygen atoms in total. The molecule has 0 aromatic heterocycles. The SMILES string of the molecule is CN1CCC(N(C)C(=O)CC2CCNCC2)CC1.Cl. The number of halogens is 1. The smallest absolute Gasteiger partial charge is 0.222 e. The Morgan fingerprint density at radius 1 is 1.21 bits per heavy atom. The Bertz CT molecular complexity index is 274. The molecule has 0 aromatic carbocycles. The Morgan fingerprint density at radius 2 is 1.79 bits per heavy atom. The van der Waals surface area contributed by atoms with Crippen LogP contribution in [0.3, 0.4) is 0 Å². The van der Waals surface area contributed by atoms with E-state index in [0.717, 1.165) is 58.3 Å². The first-order valence-electron chi connectivity index (χ1n) is 7.31. The minimum Gasteiger partial charge on any atom is -0.343 e. The number of hydrogen-bond acceptors (Lipinski definition) is 3. The Labute approximate surface area is 123 Å². The largest absolute Gasteiger partial charge is 0.343 e. The summed E-state index contributed by atoms with van der Waals surface area (Å²) < 4.78 is 0. The summed E-state index contributed by atoms with van der Waals surface area (Å²) in [5, 5.41) is 3.35. The van der Waals surface area contributed by atoms with Gasteiger partial charge in [-0.2, -0.15) is 0 Å². The maximum atomic E-state index is 12.3. The van der Waals surface area contributed by atoms with Crippen LogP contribution in [0.25, 0.3) is 0 Å². The van der Waals surface area contributed by atoms with Gasteiger partial charge in [0.15, 0.2) is 0 Å². The van der Waals surface area contributed by atoms with E-state index in [2.05, 4.69) is 17.3 Å². The lowest BCUT2D eigenvalue weighted by molar-refractivity contribution is -0.134. The highest BCUT2D eigenvalue weighted by molar-refractivity contribution is 5.85. The number of nitrogens with zero attached hydrogens (tertiary/aromatic N) is 2. The van der Waals surface area contributed by atoms with Crippen molar-refractivity contribution in [1.29, 1.82) is 0 Å². The zero-order valence-corrected chi connectivity index (χ0v) is 13.0. The van der Waals surface area contributed by atoms with Gasteiger partial charge in [-0.05, 0) is 64.8 Å². The Kier molecular flexibility index (Phi) is 7.11. The van der Waals surface area contributed by atoms with Crippen molar-refractivity contribution in [2.75, 3.05) is 40.3 Å². The number of carbonyl (C=O) groups is 1. The summed E-state index contributed by atoms with van der Waals surface area (Å²) in [6.45, 7) is 4.40. The van der Waals surface area contributed by atoms with Crippen molar-refractivity contribution in [2.45, 2.75) is 38.1 Å². The topological polar surface area (TPSA) is 35.6 Å². The highest BCUT2D eigenvalue weighted by atomic mass is 35.5. The molecule has 19 heavy (non-hydrogen) atoms. The van der Waals surface area contributed by atoms with Gasteiger partial charge < -0.3 is 15.1 Å². The molecule has 0 aromatic rings. The number of nitrogens with one attached hydrogen (secondary N) is 1. The van der Waals surface area contributed by atoms with Gasteiger partial charge in [-0.3, -0.25) is 4.79 Å². The van der Waals surface area contributed by atoms with Gasteiger partial charge in [0, 0.05) is 19.5 Å². The number of rotatable bonds is 3. The molecule has 112 valence electrons.